The number of halogens is 1. The van der Waals surface area contributed by atoms with Gasteiger partial charge in [-0.3, -0.25) is 0 Å². The highest BCUT2D eigenvalue weighted by Crippen LogP contribution is 1.95. The van der Waals surface area contributed by atoms with Gasteiger partial charge in [0, 0.05) is 6.54 Å². The first-order valence-electron chi connectivity index (χ1n) is 3.46. The SMILES string of the molecule is CC/C=C(\C=C/CF)CN. The van der Waals surface area contributed by atoms with Crippen molar-refractivity contribution in [3.63, 3.8) is 0 Å². The Balaban J connectivity index is 3.82. The normalized spacial score (nSPS) is 12.9. The average molecular weight is 143 g/mol. The van der Waals surface area contributed by atoms with E-state index in [2.05, 4.69) is 0 Å². The average Bonchev–Trinajstić information content (AvgIpc) is 1.98. The number of allylic oxidation sites excluding steroid dienone is 2. The van der Waals surface area contributed by atoms with Crippen molar-refractivity contribution in [1.82, 2.24) is 0 Å². The third-order valence-corrected chi connectivity index (χ3v) is 1.12. The van der Waals surface area contributed by atoms with E-state index in [0.717, 1.165) is 12.0 Å². The highest BCUT2D eigenvalue weighted by atomic mass is 19.1. The summed E-state index contributed by atoms with van der Waals surface area (Å²) >= 11 is 0. The lowest BCUT2D eigenvalue weighted by Crippen LogP contribution is -2.00. The maximum atomic E-state index is 11.6. The van der Waals surface area contributed by atoms with Gasteiger partial charge in [0.05, 0.1) is 0 Å². The van der Waals surface area contributed by atoms with Crippen molar-refractivity contribution in [3.8, 4) is 0 Å². The van der Waals surface area contributed by atoms with Crippen molar-refractivity contribution in [2.24, 2.45) is 5.73 Å². The van der Waals surface area contributed by atoms with E-state index in [4.69, 9.17) is 5.73 Å². The van der Waals surface area contributed by atoms with Crippen LogP contribution in [0.3, 0.4) is 0 Å². The van der Waals surface area contributed by atoms with Crippen molar-refractivity contribution in [2.75, 3.05) is 13.2 Å². The number of rotatable bonds is 4. The molecule has 0 aromatic rings. The van der Waals surface area contributed by atoms with Crippen LogP contribution in [0.1, 0.15) is 13.3 Å². The zero-order valence-electron chi connectivity index (χ0n) is 6.31. The van der Waals surface area contributed by atoms with Crippen LogP contribution in [0.15, 0.2) is 23.8 Å². The summed E-state index contributed by atoms with van der Waals surface area (Å²) in [4.78, 5) is 0. The van der Waals surface area contributed by atoms with E-state index in [1.165, 1.54) is 6.08 Å². The lowest BCUT2D eigenvalue weighted by Gasteiger charge is -1.93. The molecule has 2 heteroatoms. The van der Waals surface area contributed by atoms with E-state index in [9.17, 15) is 4.39 Å². The van der Waals surface area contributed by atoms with Crippen LogP contribution in [0.25, 0.3) is 0 Å². The molecule has 0 radical (unpaired) electrons. The molecule has 0 rings (SSSR count). The second kappa shape index (κ2) is 6.49. The van der Waals surface area contributed by atoms with Crippen LogP contribution < -0.4 is 5.73 Å². The molecule has 0 saturated heterocycles. The summed E-state index contributed by atoms with van der Waals surface area (Å²) in [5.41, 5.74) is 6.36. The fourth-order valence-electron chi connectivity index (χ4n) is 0.678. The molecular weight excluding hydrogens is 129 g/mol. The van der Waals surface area contributed by atoms with Crippen molar-refractivity contribution >= 4 is 0 Å². The predicted molar refractivity (Wildman–Crippen MR) is 42.5 cm³/mol. The fourth-order valence-corrected chi connectivity index (χ4v) is 0.678. The van der Waals surface area contributed by atoms with E-state index in [0.29, 0.717) is 6.54 Å². The van der Waals surface area contributed by atoms with E-state index in [-0.39, 0.29) is 0 Å². The van der Waals surface area contributed by atoms with Gasteiger partial charge in [0.15, 0.2) is 0 Å². The molecule has 0 fully saturated rings. The summed E-state index contributed by atoms with van der Waals surface area (Å²) in [5, 5.41) is 0. The minimum atomic E-state index is -0.416. The molecule has 1 nitrogen and oxygen atoms in total. The van der Waals surface area contributed by atoms with Gasteiger partial charge < -0.3 is 5.73 Å². The molecule has 0 aliphatic carbocycles. The molecular formula is C8H14FN. The monoisotopic (exact) mass is 143 g/mol. The number of hydrogen-bond acceptors (Lipinski definition) is 1. The molecule has 0 spiro atoms. The summed E-state index contributed by atoms with van der Waals surface area (Å²) in [7, 11) is 0. The minimum absolute atomic E-state index is 0.416. The second-order valence-electron chi connectivity index (χ2n) is 1.95. The van der Waals surface area contributed by atoms with Gasteiger partial charge in [0.25, 0.3) is 0 Å². The topological polar surface area (TPSA) is 26.0 Å². The van der Waals surface area contributed by atoms with Gasteiger partial charge in [-0.2, -0.15) is 0 Å². The van der Waals surface area contributed by atoms with Gasteiger partial charge in [0.2, 0.25) is 0 Å². The lowest BCUT2D eigenvalue weighted by molar-refractivity contribution is 0.561. The van der Waals surface area contributed by atoms with Crippen molar-refractivity contribution in [1.29, 1.82) is 0 Å². The second-order valence-corrected chi connectivity index (χ2v) is 1.95. The van der Waals surface area contributed by atoms with Gasteiger partial charge in [0.1, 0.15) is 6.67 Å². The smallest absolute Gasteiger partial charge is 0.108 e. The Hall–Kier alpha value is -0.630. The lowest BCUT2D eigenvalue weighted by atomic mass is 10.2. The first-order valence-corrected chi connectivity index (χ1v) is 3.46. The van der Waals surface area contributed by atoms with Crippen LogP contribution in [-0.2, 0) is 0 Å². The van der Waals surface area contributed by atoms with Gasteiger partial charge >= 0.3 is 0 Å². The molecule has 0 aliphatic rings. The quantitative estimate of drug-likeness (QED) is 0.597. The molecule has 0 aromatic carbocycles. The zero-order valence-corrected chi connectivity index (χ0v) is 6.31. The number of nitrogens with two attached hydrogens (primary N) is 1. The van der Waals surface area contributed by atoms with Crippen LogP contribution in [0.5, 0.6) is 0 Å². The van der Waals surface area contributed by atoms with Gasteiger partial charge in [-0.1, -0.05) is 25.2 Å². The van der Waals surface area contributed by atoms with E-state index >= 15 is 0 Å². The van der Waals surface area contributed by atoms with Crippen LogP contribution in [0.2, 0.25) is 0 Å². The van der Waals surface area contributed by atoms with E-state index < -0.39 is 6.67 Å². The Morgan fingerprint density at radius 3 is 2.70 bits per heavy atom. The Kier molecular flexibility index (Phi) is 6.08. The fraction of sp³-hybridized carbons (Fsp3) is 0.500. The molecule has 0 bridgehead atoms. The van der Waals surface area contributed by atoms with Crippen molar-refractivity contribution < 1.29 is 4.39 Å². The summed E-state index contributed by atoms with van der Waals surface area (Å²) in [6, 6.07) is 0. The summed E-state index contributed by atoms with van der Waals surface area (Å²) in [6.45, 7) is 2.10. The van der Waals surface area contributed by atoms with Gasteiger partial charge in [-0.05, 0) is 12.0 Å². The van der Waals surface area contributed by atoms with E-state index in [1.54, 1.807) is 6.08 Å². The van der Waals surface area contributed by atoms with Gasteiger partial charge in [-0.15, -0.1) is 0 Å². The highest BCUT2D eigenvalue weighted by molar-refractivity contribution is 5.19. The summed E-state index contributed by atoms with van der Waals surface area (Å²) < 4.78 is 11.6. The standard InChI is InChI=1S/C8H14FN/c1-2-4-8(7-10)5-3-6-9/h3-5H,2,6-7,10H2,1H3/b5-3-,8-4+. The molecule has 2 N–H and O–H groups in total. The Bertz CT molecular complexity index is 127. The third-order valence-electron chi connectivity index (χ3n) is 1.12. The van der Waals surface area contributed by atoms with Crippen LogP contribution in [-0.4, -0.2) is 13.2 Å². The number of hydrogen-bond donors (Lipinski definition) is 1. The maximum absolute atomic E-state index is 11.6. The summed E-state index contributed by atoms with van der Waals surface area (Å²) in [6.07, 6.45) is 6.13. The van der Waals surface area contributed by atoms with Gasteiger partial charge in [-0.25, -0.2) is 4.39 Å². The van der Waals surface area contributed by atoms with Crippen molar-refractivity contribution in [3.05, 3.63) is 23.8 Å². The van der Waals surface area contributed by atoms with Crippen LogP contribution >= 0.6 is 0 Å². The molecule has 0 amide bonds. The minimum Gasteiger partial charge on any atom is -0.327 e. The molecule has 58 valence electrons. The van der Waals surface area contributed by atoms with Crippen molar-refractivity contribution in [2.45, 2.75) is 13.3 Å². The Morgan fingerprint density at radius 2 is 2.30 bits per heavy atom. The first kappa shape index (κ1) is 9.37. The van der Waals surface area contributed by atoms with Crippen LogP contribution in [0.4, 0.5) is 4.39 Å². The Morgan fingerprint density at radius 1 is 1.60 bits per heavy atom. The molecule has 0 aromatic heterocycles. The zero-order chi connectivity index (χ0) is 7.82. The molecule has 0 atom stereocenters. The Labute approximate surface area is 61.4 Å². The molecule has 0 aliphatic heterocycles. The molecule has 0 saturated carbocycles. The largest absolute Gasteiger partial charge is 0.327 e. The predicted octanol–water partition coefficient (Wildman–Crippen LogP) is 1.81. The third kappa shape index (κ3) is 4.27. The van der Waals surface area contributed by atoms with Crippen LogP contribution in [0, 0.1) is 0 Å². The molecule has 0 heterocycles. The first-order chi connectivity index (χ1) is 4.85. The van der Waals surface area contributed by atoms with E-state index in [1.807, 2.05) is 13.0 Å². The highest BCUT2D eigenvalue weighted by Gasteiger charge is 1.84. The molecule has 0 unspecified atom stereocenters. The molecule has 10 heavy (non-hydrogen) atoms. The maximum Gasteiger partial charge on any atom is 0.108 e. The summed E-state index contributed by atoms with van der Waals surface area (Å²) in [5.74, 6) is 0. The number of alkyl halides is 1.